The van der Waals surface area contributed by atoms with Gasteiger partial charge in [0.05, 0.1) is 17.1 Å². The van der Waals surface area contributed by atoms with Crippen LogP contribution in [0.5, 0.6) is 0 Å². The molecule has 88 valence electrons. The Balaban J connectivity index is 2.55. The molecule has 0 bridgehead atoms. The van der Waals surface area contributed by atoms with E-state index in [1.54, 1.807) is 13.0 Å². The first-order valence-corrected chi connectivity index (χ1v) is 6.22. The van der Waals surface area contributed by atoms with E-state index in [2.05, 4.69) is 20.9 Å². The molecule has 1 aromatic carbocycles. The molecule has 0 fully saturated rings. The fourth-order valence-corrected chi connectivity index (χ4v) is 2.08. The number of fused-ring (bicyclic) bond motifs is 1. The molecular weight excluding hydrogens is 305 g/mol. The topological polar surface area (TPSA) is 39.2 Å². The number of ether oxygens (including phenoxy) is 1. The molecule has 2 aromatic rings. The van der Waals surface area contributed by atoms with E-state index in [9.17, 15) is 4.79 Å². The zero-order valence-corrected chi connectivity index (χ0v) is 11.4. The Morgan fingerprint density at radius 3 is 2.94 bits per heavy atom. The van der Waals surface area contributed by atoms with E-state index >= 15 is 0 Å². The molecule has 0 N–H and O–H groups in total. The molecule has 0 aliphatic rings. The zero-order chi connectivity index (χ0) is 12.4. The van der Waals surface area contributed by atoms with E-state index < -0.39 is 5.97 Å². The summed E-state index contributed by atoms with van der Waals surface area (Å²) >= 11 is 9.37. The highest BCUT2D eigenvalue weighted by molar-refractivity contribution is 9.10. The summed E-state index contributed by atoms with van der Waals surface area (Å²) in [6.45, 7) is 2.04. The minimum atomic E-state index is -0.498. The molecule has 0 saturated heterocycles. The molecule has 5 heteroatoms. The summed E-state index contributed by atoms with van der Waals surface area (Å²) in [7, 11) is 0. The van der Waals surface area contributed by atoms with E-state index in [1.165, 1.54) is 0 Å². The van der Waals surface area contributed by atoms with Crippen molar-refractivity contribution in [1.29, 1.82) is 0 Å². The van der Waals surface area contributed by atoms with E-state index in [1.807, 2.05) is 18.2 Å². The lowest BCUT2D eigenvalue weighted by Crippen LogP contribution is -2.08. The molecule has 1 heterocycles. The lowest BCUT2D eigenvalue weighted by atomic mass is 10.2. The number of carbonyl (C=O) groups is 1. The summed E-state index contributed by atoms with van der Waals surface area (Å²) in [6.07, 6.45) is 0. The van der Waals surface area contributed by atoms with Crippen molar-refractivity contribution in [1.82, 2.24) is 4.98 Å². The van der Waals surface area contributed by atoms with Gasteiger partial charge in [-0.15, -0.1) is 0 Å². The fourth-order valence-electron chi connectivity index (χ4n) is 1.46. The van der Waals surface area contributed by atoms with E-state index in [-0.39, 0.29) is 5.69 Å². The molecule has 0 aliphatic heterocycles. The molecule has 1 aromatic heterocycles. The third-order valence-corrected chi connectivity index (χ3v) is 2.98. The summed E-state index contributed by atoms with van der Waals surface area (Å²) < 4.78 is 5.82. The molecule has 0 atom stereocenters. The highest BCUT2D eigenvalue weighted by Gasteiger charge is 2.14. The first kappa shape index (κ1) is 12.3. The zero-order valence-electron chi connectivity index (χ0n) is 9.04. The van der Waals surface area contributed by atoms with E-state index in [0.717, 1.165) is 9.86 Å². The maximum atomic E-state index is 11.6. The van der Waals surface area contributed by atoms with Gasteiger partial charge >= 0.3 is 5.97 Å². The molecule has 0 spiro atoms. The normalized spacial score (nSPS) is 10.5. The van der Waals surface area contributed by atoms with E-state index in [4.69, 9.17) is 16.3 Å². The highest BCUT2D eigenvalue weighted by Crippen LogP contribution is 2.24. The predicted molar refractivity (Wildman–Crippen MR) is 70.4 cm³/mol. The van der Waals surface area contributed by atoms with Crippen molar-refractivity contribution in [3.05, 3.63) is 39.5 Å². The molecule has 0 saturated carbocycles. The van der Waals surface area contributed by atoms with Crippen molar-refractivity contribution in [3.8, 4) is 0 Å². The maximum absolute atomic E-state index is 11.6. The first-order valence-electron chi connectivity index (χ1n) is 5.04. The van der Waals surface area contributed by atoms with Gasteiger partial charge in [0.2, 0.25) is 0 Å². The van der Waals surface area contributed by atoms with Crippen LogP contribution < -0.4 is 0 Å². The number of halogens is 2. The Kier molecular flexibility index (Phi) is 3.64. The minimum absolute atomic E-state index is 0.156. The Hall–Kier alpha value is -1.13. The van der Waals surface area contributed by atoms with Gasteiger partial charge in [0.1, 0.15) is 0 Å². The Bertz CT molecular complexity index is 586. The van der Waals surface area contributed by atoms with Crippen molar-refractivity contribution in [2.45, 2.75) is 6.92 Å². The standard InChI is InChI=1S/C12H9BrClNO2/c1-2-17-12(16)11-9(14)6-7-5-8(13)3-4-10(7)15-11/h3-6H,2H2,1H3. The number of benzene rings is 1. The largest absolute Gasteiger partial charge is 0.461 e. The second-order valence-electron chi connectivity index (χ2n) is 3.38. The van der Waals surface area contributed by atoms with Crippen LogP contribution in [0.2, 0.25) is 5.02 Å². The molecule has 0 amide bonds. The molecule has 0 unspecified atom stereocenters. The molecular formula is C12H9BrClNO2. The summed E-state index contributed by atoms with van der Waals surface area (Å²) in [4.78, 5) is 15.8. The Morgan fingerprint density at radius 2 is 2.24 bits per heavy atom. The molecule has 2 rings (SSSR count). The van der Waals surface area contributed by atoms with Gasteiger partial charge in [0.15, 0.2) is 5.69 Å². The summed E-state index contributed by atoms with van der Waals surface area (Å²) in [5.74, 6) is -0.498. The average Bonchev–Trinajstić information content (AvgIpc) is 2.28. The lowest BCUT2D eigenvalue weighted by Gasteiger charge is -2.05. The number of hydrogen-bond acceptors (Lipinski definition) is 3. The number of nitrogens with zero attached hydrogens (tertiary/aromatic N) is 1. The first-order chi connectivity index (χ1) is 8.11. The number of pyridine rings is 1. The maximum Gasteiger partial charge on any atom is 0.358 e. The molecule has 0 radical (unpaired) electrons. The van der Waals surface area contributed by atoms with Crippen molar-refractivity contribution in [2.24, 2.45) is 0 Å². The van der Waals surface area contributed by atoms with Crippen molar-refractivity contribution < 1.29 is 9.53 Å². The van der Waals surface area contributed by atoms with Crippen LogP contribution in [0.4, 0.5) is 0 Å². The minimum Gasteiger partial charge on any atom is -0.461 e. The lowest BCUT2D eigenvalue weighted by molar-refractivity contribution is 0.0520. The van der Waals surface area contributed by atoms with Crippen LogP contribution in [-0.4, -0.2) is 17.6 Å². The van der Waals surface area contributed by atoms with Gasteiger partial charge in [-0.1, -0.05) is 27.5 Å². The van der Waals surface area contributed by atoms with Crippen molar-refractivity contribution >= 4 is 44.4 Å². The number of hydrogen-bond donors (Lipinski definition) is 0. The molecule has 0 aliphatic carbocycles. The van der Waals surface area contributed by atoms with Gasteiger partial charge in [-0.3, -0.25) is 0 Å². The van der Waals surface area contributed by atoms with Gasteiger partial charge in [-0.25, -0.2) is 9.78 Å². The number of esters is 1. The Morgan fingerprint density at radius 1 is 1.47 bits per heavy atom. The fraction of sp³-hybridized carbons (Fsp3) is 0.167. The predicted octanol–water partition coefficient (Wildman–Crippen LogP) is 3.83. The van der Waals surface area contributed by atoms with Crippen LogP contribution >= 0.6 is 27.5 Å². The molecule has 3 nitrogen and oxygen atoms in total. The second-order valence-corrected chi connectivity index (χ2v) is 4.70. The average molecular weight is 315 g/mol. The van der Waals surface area contributed by atoms with Crippen LogP contribution in [-0.2, 0) is 4.74 Å². The summed E-state index contributed by atoms with van der Waals surface area (Å²) in [5, 5.41) is 1.17. The second kappa shape index (κ2) is 5.02. The van der Waals surface area contributed by atoms with Crippen LogP contribution in [0.3, 0.4) is 0 Å². The molecule has 17 heavy (non-hydrogen) atoms. The third-order valence-electron chi connectivity index (χ3n) is 2.20. The van der Waals surface area contributed by atoms with Crippen molar-refractivity contribution in [3.63, 3.8) is 0 Å². The van der Waals surface area contributed by atoms with Crippen LogP contribution in [0.25, 0.3) is 10.9 Å². The number of rotatable bonds is 2. The summed E-state index contributed by atoms with van der Waals surface area (Å²) in [5.41, 5.74) is 0.865. The van der Waals surface area contributed by atoms with Gasteiger partial charge in [0, 0.05) is 9.86 Å². The van der Waals surface area contributed by atoms with Gasteiger partial charge in [0.25, 0.3) is 0 Å². The SMILES string of the molecule is CCOC(=O)c1nc2ccc(Br)cc2cc1Cl. The van der Waals surface area contributed by atoms with Crippen LogP contribution in [0.1, 0.15) is 17.4 Å². The Labute approximate surface area is 112 Å². The van der Waals surface area contributed by atoms with Crippen LogP contribution in [0.15, 0.2) is 28.7 Å². The monoisotopic (exact) mass is 313 g/mol. The number of aromatic nitrogens is 1. The van der Waals surface area contributed by atoms with Gasteiger partial charge in [-0.05, 0) is 31.2 Å². The quantitative estimate of drug-likeness (QED) is 0.791. The van der Waals surface area contributed by atoms with Gasteiger partial charge in [-0.2, -0.15) is 0 Å². The van der Waals surface area contributed by atoms with E-state index in [0.29, 0.717) is 17.1 Å². The smallest absolute Gasteiger partial charge is 0.358 e. The van der Waals surface area contributed by atoms with Crippen molar-refractivity contribution in [2.75, 3.05) is 6.61 Å². The van der Waals surface area contributed by atoms with Gasteiger partial charge < -0.3 is 4.74 Å². The van der Waals surface area contributed by atoms with Crippen LogP contribution in [0, 0.1) is 0 Å². The summed E-state index contributed by atoms with van der Waals surface area (Å²) in [6, 6.07) is 7.28. The third kappa shape index (κ3) is 2.58. The number of carbonyl (C=O) groups excluding carboxylic acids is 1. The highest BCUT2D eigenvalue weighted by atomic mass is 79.9.